The van der Waals surface area contributed by atoms with E-state index in [1.165, 1.54) is 35.4 Å². The Bertz CT molecular complexity index is 767. The molecule has 6 heteroatoms. The Morgan fingerprint density at radius 1 is 1.16 bits per heavy atom. The minimum Gasteiger partial charge on any atom is -0.433 e. The second-order valence-electron chi connectivity index (χ2n) is 5.91. The molecule has 1 aliphatic rings. The minimum absolute atomic E-state index is 0.0411. The van der Waals surface area contributed by atoms with E-state index in [-0.39, 0.29) is 22.6 Å². The SMILES string of the molecule is C[C@H](Sc1ccc2c(c1)CCC2)C(=O)Nc1ccccc1OC(F)F. The van der Waals surface area contributed by atoms with E-state index in [0.29, 0.717) is 0 Å². The molecule has 2 aromatic rings. The lowest BCUT2D eigenvalue weighted by Crippen LogP contribution is -2.23. The van der Waals surface area contributed by atoms with Crippen LogP contribution in [0.15, 0.2) is 47.4 Å². The lowest BCUT2D eigenvalue weighted by molar-refractivity contribution is -0.115. The van der Waals surface area contributed by atoms with E-state index in [2.05, 4.69) is 22.2 Å². The van der Waals surface area contributed by atoms with Crippen molar-refractivity contribution in [3.8, 4) is 5.75 Å². The van der Waals surface area contributed by atoms with E-state index in [0.717, 1.165) is 17.7 Å². The highest BCUT2D eigenvalue weighted by atomic mass is 32.2. The van der Waals surface area contributed by atoms with E-state index in [4.69, 9.17) is 0 Å². The fourth-order valence-electron chi connectivity index (χ4n) is 2.88. The summed E-state index contributed by atoms with van der Waals surface area (Å²) in [6.45, 7) is -1.14. The average Bonchev–Trinajstić information content (AvgIpc) is 3.03. The van der Waals surface area contributed by atoms with Crippen LogP contribution < -0.4 is 10.1 Å². The van der Waals surface area contributed by atoms with Crippen molar-refractivity contribution in [2.24, 2.45) is 0 Å². The number of carbonyl (C=O) groups excluding carboxylic acids is 1. The highest BCUT2D eigenvalue weighted by molar-refractivity contribution is 8.00. The fourth-order valence-corrected chi connectivity index (χ4v) is 3.81. The number of halogens is 2. The molecule has 132 valence electrons. The zero-order valence-electron chi connectivity index (χ0n) is 13.8. The molecule has 3 rings (SSSR count). The third kappa shape index (κ3) is 4.51. The largest absolute Gasteiger partial charge is 0.433 e. The average molecular weight is 363 g/mol. The summed E-state index contributed by atoms with van der Waals surface area (Å²) in [6, 6.07) is 12.5. The van der Waals surface area contributed by atoms with Crippen LogP contribution in [0.3, 0.4) is 0 Å². The predicted molar refractivity (Wildman–Crippen MR) is 95.5 cm³/mol. The number of nitrogens with one attached hydrogen (secondary N) is 1. The van der Waals surface area contributed by atoms with E-state index in [1.54, 1.807) is 25.1 Å². The molecule has 1 N–H and O–H groups in total. The van der Waals surface area contributed by atoms with Gasteiger partial charge >= 0.3 is 6.61 Å². The number of alkyl halides is 2. The Labute approximate surface area is 149 Å². The van der Waals surface area contributed by atoms with Crippen molar-refractivity contribution in [1.82, 2.24) is 0 Å². The van der Waals surface area contributed by atoms with Crippen LogP contribution in [0.4, 0.5) is 14.5 Å². The fraction of sp³-hybridized carbons (Fsp3) is 0.316. The number of thioether (sulfide) groups is 1. The first-order valence-electron chi connectivity index (χ1n) is 8.16. The lowest BCUT2D eigenvalue weighted by Gasteiger charge is -2.15. The zero-order valence-corrected chi connectivity index (χ0v) is 14.6. The van der Waals surface area contributed by atoms with Gasteiger partial charge in [0.2, 0.25) is 5.91 Å². The number of carbonyl (C=O) groups is 1. The van der Waals surface area contributed by atoms with Gasteiger partial charge in [-0.3, -0.25) is 4.79 Å². The molecule has 0 saturated carbocycles. The van der Waals surface area contributed by atoms with Gasteiger partial charge in [0.1, 0.15) is 5.75 Å². The number of anilines is 1. The summed E-state index contributed by atoms with van der Waals surface area (Å²) in [4.78, 5) is 13.5. The van der Waals surface area contributed by atoms with Crippen molar-refractivity contribution < 1.29 is 18.3 Å². The highest BCUT2D eigenvalue weighted by Crippen LogP contribution is 2.31. The summed E-state index contributed by atoms with van der Waals surface area (Å²) in [5, 5.41) is 2.31. The molecule has 0 radical (unpaired) electrons. The first-order valence-corrected chi connectivity index (χ1v) is 9.04. The Balaban J connectivity index is 1.65. The van der Waals surface area contributed by atoms with E-state index >= 15 is 0 Å². The van der Waals surface area contributed by atoms with Gasteiger partial charge in [-0.25, -0.2) is 0 Å². The third-order valence-electron chi connectivity index (χ3n) is 4.11. The predicted octanol–water partition coefficient (Wildman–Crippen LogP) is 4.90. The molecule has 0 heterocycles. The van der Waals surface area contributed by atoms with Crippen LogP contribution in [0.5, 0.6) is 5.75 Å². The maximum absolute atomic E-state index is 12.5. The first kappa shape index (κ1) is 17.7. The van der Waals surface area contributed by atoms with Gasteiger partial charge in [-0.05, 0) is 61.6 Å². The molecule has 0 fully saturated rings. The van der Waals surface area contributed by atoms with Crippen molar-refractivity contribution in [2.45, 2.75) is 42.9 Å². The Morgan fingerprint density at radius 2 is 1.92 bits per heavy atom. The van der Waals surface area contributed by atoms with E-state index < -0.39 is 6.61 Å². The molecule has 1 amide bonds. The van der Waals surface area contributed by atoms with Crippen LogP contribution in [0.25, 0.3) is 0 Å². The number of aryl methyl sites for hydroxylation is 2. The molecule has 0 aliphatic heterocycles. The summed E-state index contributed by atoms with van der Waals surface area (Å²) in [5.41, 5.74) is 2.99. The second-order valence-corrected chi connectivity index (χ2v) is 7.32. The van der Waals surface area contributed by atoms with Gasteiger partial charge < -0.3 is 10.1 Å². The normalized spacial score (nSPS) is 14.2. The number of rotatable bonds is 6. The molecule has 0 spiro atoms. The first-order chi connectivity index (χ1) is 12.0. The highest BCUT2D eigenvalue weighted by Gasteiger charge is 2.19. The standard InChI is InChI=1S/C19H19F2NO2S/c1-12(25-15-10-9-13-5-4-6-14(13)11-15)18(23)22-16-7-2-3-8-17(16)24-19(20)21/h2-3,7-12,19H,4-6H2,1H3,(H,22,23)/t12-/m0/s1. The minimum atomic E-state index is -2.93. The van der Waals surface area contributed by atoms with Crippen molar-refractivity contribution in [3.05, 3.63) is 53.6 Å². The smallest absolute Gasteiger partial charge is 0.387 e. The van der Waals surface area contributed by atoms with Crippen LogP contribution in [0.1, 0.15) is 24.5 Å². The van der Waals surface area contributed by atoms with Gasteiger partial charge in [0.25, 0.3) is 0 Å². The molecule has 0 bridgehead atoms. The Kier molecular flexibility index (Phi) is 5.58. The molecule has 2 aromatic carbocycles. The van der Waals surface area contributed by atoms with Gasteiger partial charge in [0.05, 0.1) is 10.9 Å². The Morgan fingerprint density at radius 3 is 2.72 bits per heavy atom. The molecule has 3 nitrogen and oxygen atoms in total. The monoisotopic (exact) mass is 363 g/mol. The van der Waals surface area contributed by atoms with Crippen molar-refractivity contribution >= 4 is 23.4 Å². The molecule has 0 unspecified atom stereocenters. The number of amides is 1. The summed E-state index contributed by atoms with van der Waals surface area (Å²) in [6.07, 6.45) is 3.39. The molecular formula is C19H19F2NO2S. The Hall–Kier alpha value is -2.08. The lowest BCUT2D eigenvalue weighted by atomic mass is 10.1. The molecule has 1 atom stereocenters. The summed E-state index contributed by atoms with van der Waals surface area (Å²) < 4.78 is 29.3. The number of ether oxygens (including phenoxy) is 1. The van der Waals surface area contributed by atoms with Crippen molar-refractivity contribution in [3.63, 3.8) is 0 Å². The van der Waals surface area contributed by atoms with Crippen LogP contribution in [0, 0.1) is 0 Å². The van der Waals surface area contributed by atoms with Gasteiger partial charge in [-0.15, -0.1) is 11.8 Å². The maximum atomic E-state index is 12.5. The molecule has 0 aromatic heterocycles. The zero-order chi connectivity index (χ0) is 17.8. The molecule has 25 heavy (non-hydrogen) atoms. The molecular weight excluding hydrogens is 344 g/mol. The second kappa shape index (κ2) is 7.87. The summed E-state index contributed by atoms with van der Waals surface area (Å²) in [7, 11) is 0. The van der Waals surface area contributed by atoms with Crippen LogP contribution in [-0.2, 0) is 17.6 Å². The topological polar surface area (TPSA) is 38.3 Å². The maximum Gasteiger partial charge on any atom is 0.387 e. The van der Waals surface area contributed by atoms with Crippen molar-refractivity contribution in [1.29, 1.82) is 0 Å². The number of benzene rings is 2. The third-order valence-corrected chi connectivity index (χ3v) is 5.21. The molecule has 1 aliphatic carbocycles. The van der Waals surface area contributed by atoms with Crippen LogP contribution >= 0.6 is 11.8 Å². The van der Waals surface area contributed by atoms with Gasteiger partial charge in [0, 0.05) is 4.90 Å². The van der Waals surface area contributed by atoms with Gasteiger partial charge in [-0.2, -0.15) is 8.78 Å². The molecule has 0 saturated heterocycles. The number of hydrogen-bond donors (Lipinski definition) is 1. The van der Waals surface area contributed by atoms with Gasteiger partial charge in [-0.1, -0.05) is 18.2 Å². The number of hydrogen-bond acceptors (Lipinski definition) is 3. The van der Waals surface area contributed by atoms with Gasteiger partial charge in [0.15, 0.2) is 0 Å². The summed E-state index contributed by atoms with van der Waals surface area (Å²) >= 11 is 1.46. The van der Waals surface area contributed by atoms with Crippen LogP contribution in [-0.4, -0.2) is 17.8 Å². The van der Waals surface area contributed by atoms with Crippen LogP contribution in [0.2, 0.25) is 0 Å². The number of para-hydroxylation sites is 2. The quantitative estimate of drug-likeness (QED) is 0.742. The van der Waals surface area contributed by atoms with E-state index in [9.17, 15) is 13.6 Å². The van der Waals surface area contributed by atoms with E-state index in [1.807, 2.05) is 6.07 Å². The van der Waals surface area contributed by atoms with Crippen molar-refractivity contribution in [2.75, 3.05) is 5.32 Å². The summed E-state index contributed by atoms with van der Waals surface area (Å²) in [5.74, 6) is -0.295. The number of fused-ring (bicyclic) bond motifs is 1.